The maximum Gasteiger partial charge on any atom is 0.169 e. The Morgan fingerprint density at radius 1 is 1.29 bits per heavy atom. The molecule has 0 spiro atoms. The molecule has 0 atom stereocenters. The number of rotatable bonds is 6. The van der Waals surface area contributed by atoms with Crippen LogP contribution in [0.15, 0.2) is 5.38 Å². The van der Waals surface area contributed by atoms with Crippen molar-refractivity contribution in [2.75, 3.05) is 6.54 Å². The Kier molecular flexibility index (Phi) is 3.39. The molecule has 90 valence electrons. The second-order valence-corrected chi connectivity index (χ2v) is 5.79. The molecule has 0 unspecified atom stereocenters. The molecule has 0 bridgehead atoms. The minimum atomic E-state index is 0.793. The molecular formula is C10H13N5S2. The van der Waals surface area contributed by atoms with Crippen LogP contribution in [0.5, 0.6) is 0 Å². The Bertz CT molecular complexity index is 463. The highest BCUT2D eigenvalue weighted by Gasteiger charge is 2.19. The van der Waals surface area contributed by atoms with Crippen molar-refractivity contribution in [3.05, 3.63) is 10.4 Å². The zero-order valence-corrected chi connectivity index (χ0v) is 10.9. The Morgan fingerprint density at radius 2 is 2.24 bits per heavy atom. The Labute approximate surface area is 107 Å². The van der Waals surface area contributed by atoms with Gasteiger partial charge in [-0.15, -0.1) is 15.3 Å². The van der Waals surface area contributed by atoms with Crippen LogP contribution in [-0.4, -0.2) is 32.4 Å². The number of nitrogens with one attached hydrogen (secondary N) is 1. The number of nitrogens with zero attached hydrogens (tertiary/aromatic N) is 4. The predicted molar refractivity (Wildman–Crippen MR) is 68.2 cm³/mol. The van der Waals surface area contributed by atoms with E-state index in [1.54, 1.807) is 11.3 Å². The van der Waals surface area contributed by atoms with Crippen LogP contribution in [-0.2, 0) is 6.42 Å². The van der Waals surface area contributed by atoms with Gasteiger partial charge in [0.15, 0.2) is 5.01 Å². The molecule has 1 saturated carbocycles. The molecule has 0 aromatic carbocycles. The summed E-state index contributed by atoms with van der Waals surface area (Å²) in [6.45, 7) is 1.08. The molecule has 0 saturated heterocycles. The summed E-state index contributed by atoms with van der Waals surface area (Å²) >= 11 is 2.96. The predicted octanol–water partition coefficient (Wildman–Crippen LogP) is 1.74. The van der Waals surface area contributed by atoms with E-state index in [2.05, 4.69) is 25.1 Å². The van der Waals surface area contributed by atoms with Gasteiger partial charge in [-0.25, -0.2) is 0 Å². The maximum atomic E-state index is 4.18. The van der Waals surface area contributed by atoms with Crippen LogP contribution < -0.4 is 5.32 Å². The quantitative estimate of drug-likeness (QED) is 0.808. The summed E-state index contributed by atoms with van der Waals surface area (Å²) in [6, 6.07) is 0.793. The molecule has 1 fully saturated rings. The molecule has 2 aromatic rings. The van der Waals surface area contributed by atoms with Gasteiger partial charge in [0.2, 0.25) is 0 Å². The molecule has 1 aliphatic carbocycles. The molecule has 1 N–H and O–H groups in total. The van der Waals surface area contributed by atoms with Crippen molar-refractivity contribution < 1.29 is 0 Å². The van der Waals surface area contributed by atoms with E-state index >= 15 is 0 Å². The van der Waals surface area contributed by atoms with Crippen molar-refractivity contribution in [2.24, 2.45) is 0 Å². The second kappa shape index (κ2) is 5.16. The summed E-state index contributed by atoms with van der Waals surface area (Å²) in [6.07, 6.45) is 4.81. The smallest absolute Gasteiger partial charge is 0.169 e. The largest absolute Gasteiger partial charge is 0.314 e. The minimum Gasteiger partial charge on any atom is -0.314 e. The summed E-state index contributed by atoms with van der Waals surface area (Å²) in [5.74, 6) is 0. The molecule has 0 amide bonds. The monoisotopic (exact) mass is 267 g/mol. The van der Waals surface area contributed by atoms with E-state index in [1.807, 2.05) is 5.38 Å². The molecule has 1 aliphatic rings. The molecule has 2 heterocycles. The average Bonchev–Trinajstić information content (AvgIpc) is 2.84. The first kappa shape index (κ1) is 11.2. The number of aromatic nitrogens is 4. The third-order valence-electron chi connectivity index (χ3n) is 2.62. The van der Waals surface area contributed by atoms with Gasteiger partial charge in [-0.3, -0.25) is 0 Å². The fourth-order valence-electron chi connectivity index (χ4n) is 1.55. The molecular weight excluding hydrogens is 254 g/mol. The van der Waals surface area contributed by atoms with E-state index in [0.717, 1.165) is 41.1 Å². The van der Waals surface area contributed by atoms with Crippen LogP contribution >= 0.6 is 22.9 Å². The molecule has 17 heavy (non-hydrogen) atoms. The number of aryl methyl sites for hydroxylation is 1. The lowest BCUT2D eigenvalue weighted by atomic mass is 10.3. The van der Waals surface area contributed by atoms with Crippen LogP contribution in [0.4, 0.5) is 0 Å². The third kappa shape index (κ3) is 3.05. The molecule has 0 radical (unpaired) electrons. The summed E-state index contributed by atoms with van der Waals surface area (Å²) in [5, 5.41) is 19.7. The van der Waals surface area contributed by atoms with Gasteiger partial charge in [-0.05, 0) is 37.3 Å². The van der Waals surface area contributed by atoms with E-state index in [4.69, 9.17) is 0 Å². The van der Waals surface area contributed by atoms with E-state index in [0.29, 0.717) is 0 Å². The van der Waals surface area contributed by atoms with Crippen LogP contribution in [0, 0.1) is 0 Å². The van der Waals surface area contributed by atoms with Crippen LogP contribution in [0.3, 0.4) is 0 Å². The lowest BCUT2D eigenvalue weighted by molar-refractivity contribution is 0.643. The summed E-state index contributed by atoms with van der Waals surface area (Å²) < 4.78 is 3.83. The van der Waals surface area contributed by atoms with Crippen molar-refractivity contribution in [1.82, 2.24) is 25.1 Å². The summed E-state index contributed by atoms with van der Waals surface area (Å²) in [7, 11) is 0. The number of hydrogen-bond donors (Lipinski definition) is 1. The Hall–Kier alpha value is -0.920. The zero-order chi connectivity index (χ0) is 11.5. The summed E-state index contributed by atoms with van der Waals surface area (Å²) in [4.78, 5) is 0. The van der Waals surface area contributed by atoms with Gasteiger partial charge in [-0.1, -0.05) is 15.8 Å². The Balaban J connectivity index is 1.50. The lowest BCUT2D eigenvalue weighted by Crippen LogP contribution is -2.17. The Morgan fingerprint density at radius 3 is 3.00 bits per heavy atom. The summed E-state index contributed by atoms with van der Waals surface area (Å²) in [5.41, 5.74) is 0.842. The highest BCUT2D eigenvalue weighted by atomic mass is 32.1. The van der Waals surface area contributed by atoms with Crippen molar-refractivity contribution in [3.8, 4) is 10.7 Å². The van der Waals surface area contributed by atoms with Crippen molar-refractivity contribution >= 4 is 22.9 Å². The van der Waals surface area contributed by atoms with E-state index in [9.17, 15) is 0 Å². The number of hydrogen-bond acceptors (Lipinski definition) is 7. The lowest BCUT2D eigenvalue weighted by Gasteiger charge is -1.99. The normalized spacial score (nSPS) is 15.3. The standard InChI is InChI=1S/C10H13N5S2/c1(5-11-7-3-4-7)2-9-13-14-10(17-9)8-6-16-15-12-8/h6-7,11H,1-5H2. The van der Waals surface area contributed by atoms with E-state index in [1.165, 1.54) is 24.4 Å². The first-order valence-corrected chi connectivity index (χ1v) is 7.40. The van der Waals surface area contributed by atoms with Gasteiger partial charge in [0, 0.05) is 17.8 Å². The maximum absolute atomic E-state index is 4.18. The van der Waals surface area contributed by atoms with Crippen LogP contribution in [0.25, 0.3) is 10.7 Å². The van der Waals surface area contributed by atoms with Crippen molar-refractivity contribution in [1.29, 1.82) is 0 Å². The molecule has 2 aromatic heterocycles. The van der Waals surface area contributed by atoms with Crippen LogP contribution in [0.2, 0.25) is 0 Å². The SMILES string of the molecule is c1snnc1-c1nnc(CCCNC2CC2)s1. The van der Waals surface area contributed by atoms with Crippen LogP contribution in [0.1, 0.15) is 24.3 Å². The molecule has 7 heteroatoms. The van der Waals surface area contributed by atoms with E-state index < -0.39 is 0 Å². The van der Waals surface area contributed by atoms with Gasteiger partial charge in [0.25, 0.3) is 0 Å². The second-order valence-electron chi connectivity index (χ2n) is 4.12. The minimum absolute atomic E-state index is 0.793. The zero-order valence-electron chi connectivity index (χ0n) is 9.30. The average molecular weight is 267 g/mol. The molecule has 3 rings (SSSR count). The van der Waals surface area contributed by atoms with Crippen molar-refractivity contribution in [3.63, 3.8) is 0 Å². The molecule has 0 aliphatic heterocycles. The fourth-order valence-corrected chi connectivity index (χ4v) is 2.90. The van der Waals surface area contributed by atoms with Gasteiger partial charge < -0.3 is 5.32 Å². The molecule has 5 nitrogen and oxygen atoms in total. The highest BCUT2D eigenvalue weighted by Crippen LogP contribution is 2.23. The first-order chi connectivity index (χ1) is 8.42. The first-order valence-electron chi connectivity index (χ1n) is 5.75. The van der Waals surface area contributed by atoms with Gasteiger partial charge in [0.1, 0.15) is 10.7 Å². The fraction of sp³-hybridized carbons (Fsp3) is 0.600. The van der Waals surface area contributed by atoms with Crippen molar-refractivity contribution in [2.45, 2.75) is 31.7 Å². The van der Waals surface area contributed by atoms with Gasteiger partial charge in [-0.2, -0.15) is 0 Å². The van der Waals surface area contributed by atoms with Gasteiger partial charge >= 0.3 is 0 Å². The topological polar surface area (TPSA) is 63.6 Å². The van der Waals surface area contributed by atoms with Gasteiger partial charge in [0.05, 0.1) is 0 Å². The third-order valence-corrected chi connectivity index (χ3v) is 4.13. The highest BCUT2D eigenvalue weighted by molar-refractivity contribution is 7.15. The van der Waals surface area contributed by atoms with E-state index in [-0.39, 0.29) is 0 Å².